The van der Waals surface area contributed by atoms with E-state index < -0.39 is 11.7 Å². The molecule has 1 N–H and O–H groups in total. The van der Waals surface area contributed by atoms with Crippen LogP contribution in [0.15, 0.2) is 24.3 Å². The van der Waals surface area contributed by atoms with Gasteiger partial charge in [-0.15, -0.1) is 0 Å². The fourth-order valence-electron chi connectivity index (χ4n) is 2.55. The molecule has 0 saturated heterocycles. The number of hydrogen-bond acceptors (Lipinski definition) is 1. The maximum absolute atomic E-state index is 12.5. The standard InChI is InChI=1S/C17H26F3N/c1-4-9-21-12-15(10-13(2)3)11-14-5-7-16(8-6-14)17(18,19)20/h5-8,13,15,21H,4,9-12H2,1-3H3. The Bertz CT molecular complexity index is 395. The molecule has 0 fully saturated rings. The largest absolute Gasteiger partial charge is 0.416 e. The van der Waals surface area contributed by atoms with Crippen LogP contribution in [-0.2, 0) is 12.6 Å². The van der Waals surface area contributed by atoms with Crippen LogP contribution in [0.1, 0.15) is 44.7 Å². The van der Waals surface area contributed by atoms with Gasteiger partial charge in [-0.1, -0.05) is 32.9 Å². The Balaban J connectivity index is 2.64. The first-order valence-corrected chi connectivity index (χ1v) is 7.69. The Morgan fingerprint density at radius 1 is 1.10 bits per heavy atom. The summed E-state index contributed by atoms with van der Waals surface area (Å²) in [6.07, 6.45) is -1.25. The van der Waals surface area contributed by atoms with E-state index >= 15 is 0 Å². The molecule has 0 spiro atoms. The first kappa shape index (κ1) is 18.0. The number of benzene rings is 1. The molecule has 1 rings (SSSR count). The minimum absolute atomic E-state index is 0.466. The molecule has 0 aliphatic heterocycles. The third kappa shape index (κ3) is 6.98. The summed E-state index contributed by atoms with van der Waals surface area (Å²) in [5, 5.41) is 3.42. The second kappa shape index (κ2) is 8.42. The van der Waals surface area contributed by atoms with Crippen LogP contribution >= 0.6 is 0 Å². The fourth-order valence-corrected chi connectivity index (χ4v) is 2.55. The molecule has 1 atom stereocenters. The molecule has 0 aliphatic carbocycles. The van der Waals surface area contributed by atoms with Gasteiger partial charge in [0.2, 0.25) is 0 Å². The second-order valence-electron chi connectivity index (χ2n) is 6.10. The van der Waals surface area contributed by atoms with Crippen LogP contribution in [0, 0.1) is 11.8 Å². The summed E-state index contributed by atoms with van der Waals surface area (Å²) in [4.78, 5) is 0. The van der Waals surface area contributed by atoms with E-state index in [2.05, 4.69) is 26.1 Å². The Kier molecular flexibility index (Phi) is 7.23. The van der Waals surface area contributed by atoms with Crippen LogP contribution in [0.4, 0.5) is 13.2 Å². The van der Waals surface area contributed by atoms with Gasteiger partial charge in [0.15, 0.2) is 0 Å². The molecule has 120 valence electrons. The first-order valence-electron chi connectivity index (χ1n) is 7.69. The Morgan fingerprint density at radius 3 is 2.19 bits per heavy atom. The number of halogens is 3. The molecule has 0 aliphatic rings. The van der Waals surface area contributed by atoms with Crippen molar-refractivity contribution < 1.29 is 13.2 Å². The molecule has 4 heteroatoms. The average Bonchev–Trinajstić information content (AvgIpc) is 2.37. The van der Waals surface area contributed by atoms with Crippen molar-refractivity contribution in [2.24, 2.45) is 11.8 Å². The lowest BCUT2D eigenvalue weighted by atomic mass is 9.90. The van der Waals surface area contributed by atoms with Crippen molar-refractivity contribution in [3.63, 3.8) is 0 Å². The average molecular weight is 301 g/mol. The van der Waals surface area contributed by atoms with E-state index in [1.54, 1.807) is 12.1 Å². The second-order valence-corrected chi connectivity index (χ2v) is 6.10. The Labute approximate surface area is 125 Å². The van der Waals surface area contributed by atoms with Gasteiger partial charge in [-0.3, -0.25) is 0 Å². The van der Waals surface area contributed by atoms with Crippen LogP contribution in [0.5, 0.6) is 0 Å². The van der Waals surface area contributed by atoms with Gasteiger partial charge >= 0.3 is 6.18 Å². The predicted octanol–water partition coefficient (Wildman–Crippen LogP) is 4.91. The SMILES string of the molecule is CCCNCC(Cc1ccc(C(F)(F)F)cc1)CC(C)C. The van der Waals surface area contributed by atoms with Crippen molar-refractivity contribution in [1.29, 1.82) is 0 Å². The van der Waals surface area contributed by atoms with Crippen molar-refractivity contribution in [2.45, 2.75) is 46.2 Å². The molecule has 0 bridgehead atoms. The number of hydrogen-bond donors (Lipinski definition) is 1. The van der Waals surface area contributed by atoms with Crippen LogP contribution in [-0.4, -0.2) is 13.1 Å². The fraction of sp³-hybridized carbons (Fsp3) is 0.647. The molecule has 0 saturated carbocycles. The lowest BCUT2D eigenvalue weighted by Crippen LogP contribution is -2.26. The molecular weight excluding hydrogens is 275 g/mol. The predicted molar refractivity (Wildman–Crippen MR) is 81.3 cm³/mol. The number of rotatable bonds is 8. The number of nitrogens with one attached hydrogen (secondary N) is 1. The lowest BCUT2D eigenvalue weighted by molar-refractivity contribution is -0.137. The lowest BCUT2D eigenvalue weighted by Gasteiger charge is -2.20. The van der Waals surface area contributed by atoms with E-state index in [4.69, 9.17) is 0 Å². The van der Waals surface area contributed by atoms with E-state index in [-0.39, 0.29) is 0 Å². The molecule has 1 aromatic rings. The van der Waals surface area contributed by atoms with Gasteiger partial charge in [0.25, 0.3) is 0 Å². The zero-order chi connectivity index (χ0) is 15.9. The van der Waals surface area contributed by atoms with E-state index in [0.717, 1.165) is 37.9 Å². The summed E-state index contributed by atoms with van der Waals surface area (Å²) < 4.78 is 37.6. The van der Waals surface area contributed by atoms with Crippen LogP contribution < -0.4 is 5.32 Å². The van der Waals surface area contributed by atoms with Gasteiger partial charge in [-0.25, -0.2) is 0 Å². The summed E-state index contributed by atoms with van der Waals surface area (Å²) >= 11 is 0. The van der Waals surface area contributed by atoms with Gasteiger partial charge in [0.05, 0.1) is 5.56 Å². The quantitative estimate of drug-likeness (QED) is 0.673. The molecule has 0 aromatic heterocycles. The number of alkyl halides is 3. The third-order valence-electron chi connectivity index (χ3n) is 3.47. The summed E-state index contributed by atoms with van der Waals surface area (Å²) in [6, 6.07) is 5.58. The van der Waals surface area contributed by atoms with Gasteiger partial charge in [-0.2, -0.15) is 13.2 Å². The molecule has 1 aromatic carbocycles. The summed E-state index contributed by atoms with van der Waals surface area (Å²) in [7, 11) is 0. The van der Waals surface area contributed by atoms with Crippen molar-refractivity contribution in [3.05, 3.63) is 35.4 Å². The molecule has 1 nitrogen and oxygen atoms in total. The van der Waals surface area contributed by atoms with Gasteiger partial charge < -0.3 is 5.32 Å². The summed E-state index contributed by atoms with van der Waals surface area (Å²) in [5.74, 6) is 1.06. The Morgan fingerprint density at radius 2 is 1.71 bits per heavy atom. The van der Waals surface area contributed by atoms with Crippen molar-refractivity contribution in [1.82, 2.24) is 5.32 Å². The molecule has 0 heterocycles. The highest BCUT2D eigenvalue weighted by molar-refractivity contribution is 5.24. The van der Waals surface area contributed by atoms with Gasteiger partial charge in [0.1, 0.15) is 0 Å². The minimum atomic E-state index is -4.25. The highest BCUT2D eigenvalue weighted by Gasteiger charge is 2.30. The maximum atomic E-state index is 12.5. The maximum Gasteiger partial charge on any atom is 0.416 e. The topological polar surface area (TPSA) is 12.0 Å². The van der Waals surface area contributed by atoms with Crippen LogP contribution in [0.2, 0.25) is 0 Å². The smallest absolute Gasteiger partial charge is 0.316 e. The molecule has 0 amide bonds. The third-order valence-corrected chi connectivity index (χ3v) is 3.47. The zero-order valence-corrected chi connectivity index (χ0v) is 13.1. The van der Waals surface area contributed by atoms with E-state index in [1.165, 1.54) is 12.1 Å². The van der Waals surface area contributed by atoms with Crippen LogP contribution in [0.3, 0.4) is 0 Å². The molecule has 0 radical (unpaired) electrons. The highest BCUT2D eigenvalue weighted by atomic mass is 19.4. The van der Waals surface area contributed by atoms with Crippen molar-refractivity contribution in [3.8, 4) is 0 Å². The monoisotopic (exact) mass is 301 g/mol. The van der Waals surface area contributed by atoms with Gasteiger partial charge in [0, 0.05) is 0 Å². The normalized spacial score (nSPS) is 13.7. The summed E-state index contributed by atoms with van der Waals surface area (Å²) in [5.41, 5.74) is 0.405. The van der Waals surface area contributed by atoms with Crippen LogP contribution in [0.25, 0.3) is 0 Å². The summed E-state index contributed by atoms with van der Waals surface area (Å²) in [6.45, 7) is 8.40. The van der Waals surface area contributed by atoms with E-state index in [9.17, 15) is 13.2 Å². The Hall–Kier alpha value is -1.03. The van der Waals surface area contributed by atoms with Gasteiger partial charge in [-0.05, 0) is 61.9 Å². The van der Waals surface area contributed by atoms with E-state index in [0.29, 0.717) is 11.8 Å². The first-order chi connectivity index (χ1) is 9.82. The molecule has 1 unspecified atom stereocenters. The van der Waals surface area contributed by atoms with Crippen molar-refractivity contribution in [2.75, 3.05) is 13.1 Å². The zero-order valence-electron chi connectivity index (χ0n) is 13.1. The van der Waals surface area contributed by atoms with Crippen molar-refractivity contribution >= 4 is 0 Å². The van der Waals surface area contributed by atoms with E-state index in [1.807, 2.05) is 0 Å². The molecular formula is C17H26F3N. The minimum Gasteiger partial charge on any atom is -0.316 e. The molecule has 21 heavy (non-hydrogen) atoms. The highest BCUT2D eigenvalue weighted by Crippen LogP contribution is 2.29.